The number of hydrogen-bond donors (Lipinski definition) is 1. The van der Waals surface area contributed by atoms with Gasteiger partial charge in [0.2, 0.25) is 0 Å². The second kappa shape index (κ2) is 2.28. The highest BCUT2D eigenvalue weighted by Crippen LogP contribution is 2.04. The molecule has 0 aromatic carbocycles. The highest BCUT2D eigenvalue weighted by molar-refractivity contribution is 4.59. The standard InChI is InChI=1S/C5H10NO/c7-5-3-1-2-4-6-5/h5,7H,1-4H2. The molecule has 0 aromatic heterocycles. The Hall–Kier alpha value is -0.0800. The SMILES string of the molecule is OC1CCCC[N]1. The number of nitrogens with zero attached hydrogens (tertiary/aromatic N) is 1. The summed E-state index contributed by atoms with van der Waals surface area (Å²) in [6, 6.07) is 0. The van der Waals surface area contributed by atoms with Crippen molar-refractivity contribution < 1.29 is 5.11 Å². The van der Waals surface area contributed by atoms with Gasteiger partial charge in [0.25, 0.3) is 0 Å². The van der Waals surface area contributed by atoms with Gasteiger partial charge in [-0.05, 0) is 19.3 Å². The van der Waals surface area contributed by atoms with Crippen LogP contribution in [-0.2, 0) is 0 Å². The van der Waals surface area contributed by atoms with E-state index in [1.807, 2.05) is 0 Å². The molecule has 2 heteroatoms. The Balaban J connectivity index is 2.12. The van der Waals surface area contributed by atoms with Crippen LogP contribution >= 0.6 is 0 Å². The summed E-state index contributed by atoms with van der Waals surface area (Å²) in [5.41, 5.74) is 0. The van der Waals surface area contributed by atoms with Gasteiger partial charge in [0.15, 0.2) is 0 Å². The topological polar surface area (TPSA) is 34.3 Å². The molecule has 1 saturated heterocycles. The largest absolute Gasteiger partial charge is 0.377 e. The summed E-state index contributed by atoms with van der Waals surface area (Å²) in [5, 5.41) is 12.6. The normalized spacial score (nSPS) is 33.0. The predicted octanol–water partition coefficient (Wildman–Crippen LogP) is 0.0931. The smallest absolute Gasteiger partial charge is 0.120 e. The molecule has 1 fully saturated rings. The fourth-order valence-corrected chi connectivity index (χ4v) is 0.770. The van der Waals surface area contributed by atoms with E-state index in [0.29, 0.717) is 0 Å². The van der Waals surface area contributed by atoms with Gasteiger partial charge in [-0.1, -0.05) is 0 Å². The third-order valence-electron chi connectivity index (χ3n) is 1.21. The minimum Gasteiger partial charge on any atom is -0.377 e. The first-order valence-corrected chi connectivity index (χ1v) is 2.74. The lowest BCUT2D eigenvalue weighted by atomic mass is 10.1. The van der Waals surface area contributed by atoms with Crippen molar-refractivity contribution in [2.75, 3.05) is 6.54 Å². The highest BCUT2D eigenvalue weighted by atomic mass is 16.3. The number of rotatable bonds is 0. The van der Waals surface area contributed by atoms with E-state index in [2.05, 4.69) is 5.32 Å². The number of aliphatic hydroxyl groups excluding tert-OH is 1. The summed E-state index contributed by atoms with van der Waals surface area (Å²) in [5.74, 6) is 0. The summed E-state index contributed by atoms with van der Waals surface area (Å²) < 4.78 is 0. The summed E-state index contributed by atoms with van der Waals surface area (Å²) >= 11 is 0. The highest BCUT2D eigenvalue weighted by Gasteiger charge is 2.07. The van der Waals surface area contributed by atoms with E-state index < -0.39 is 0 Å². The van der Waals surface area contributed by atoms with Crippen LogP contribution in [0.15, 0.2) is 0 Å². The molecular formula is C5H10NO. The van der Waals surface area contributed by atoms with Gasteiger partial charge in [0.05, 0.1) is 0 Å². The first-order chi connectivity index (χ1) is 3.39. The van der Waals surface area contributed by atoms with Crippen LogP contribution in [0.5, 0.6) is 0 Å². The molecule has 1 atom stereocenters. The van der Waals surface area contributed by atoms with Crippen LogP contribution in [0.2, 0.25) is 0 Å². The van der Waals surface area contributed by atoms with Crippen molar-refractivity contribution in [3.05, 3.63) is 0 Å². The van der Waals surface area contributed by atoms with Gasteiger partial charge in [-0.15, -0.1) is 0 Å². The van der Waals surface area contributed by atoms with Gasteiger partial charge >= 0.3 is 0 Å². The van der Waals surface area contributed by atoms with Crippen molar-refractivity contribution in [2.24, 2.45) is 0 Å². The Labute approximate surface area is 43.5 Å². The molecule has 0 saturated carbocycles. The van der Waals surface area contributed by atoms with E-state index in [1.165, 1.54) is 0 Å². The molecule has 0 aliphatic carbocycles. The molecule has 1 unspecified atom stereocenters. The molecular weight excluding hydrogens is 90.1 g/mol. The lowest BCUT2D eigenvalue weighted by molar-refractivity contribution is 0.103. The van der Waals surface area contributed by atoms with Crippen LogP contribution in [0, 0.1) is 0 Å². The summed E-state index contributed by atoms with van der Waals surface area (Å²) in [7, 11) is 0. The molecule has 0 bridgehead atoms. The van der Waals surface area contributed by atoms with Crippen LogP contribution in [0.25, 0.3) is 0 Å². The molecule has 1 aliphatic rings. The van der Waals surface area contributed by atoms with Gasteiger partial charge in [-0.2, -0.15) is 0 Å². The molecule has 0 spiro atoms. The Morgan fingerprint density at radius 2 is 2.29 bits per heavy atom. The Morgan fingerprint density at radius 3 is 2.57 bits per heavy atom. The molecule has 1 rings (SSSR count). The molecule has 1 heterocycles. The molecule has 1 aliphatic heterocycles. The van der Waals surface area contributed by atoms with Crippen LogP contribution < -0.4 is 5.32 Å². The second-order valence-electron chi connectivity index (χ2n) is 1.88. The van der Waals surface area contributed by atoms with Gasteiger partial charge in [0, 0.05) is 6.54 Å². The van der Waals surface area contributed by atoms with Crippen LogP contribution in [0.3, 0.4) is 0 Å². The van der Waals surface area contributed by atoms with Crippen molar-refractivity contribution in [3.8, 4) is 0 Å². The quantitative estimate of drug-likeness (QED) is 0.460. The molecule has 0 aromatic rings. The molecule has 7 heavy (non-hydrogen) atoms. The molecule has 1 radical (unpaired) electrons. The van der Waals surface area contributed by atoms with Gasteiger partial charge in [-0.25, -0.2) is 5.32 Å². The van der Waals surface area contributed by atoms with Crippen molar-refractivity contribution in [1.82, 2.24) is 5.32 Å². The summed E-state index contributed by atoms with van der Waals surface area (Å²) in [4.78, 5) is 0. The Morgan fingerprint density at radius 1 is 1.43 bits per heavy atom. The van der Waals surface area contributed by atoms with Crippen molar-refractivity contribution >= 4 is 0 Å². The minimum absolute atomic E-state index is 0.339. The zero-order chi connectivity index (χ0) is 5.11. The van der Waals surface area contributed by atoms with Gasteiger partial charge in [-0.3, -0.25) is 0 Å². The minimum atomic E-state index is -0.339. The average molecular weight is 100 g/mol. The summed E-state index contributed by atoms with van der Waals surface area (Å²) in [6.07, 6.45) is 2.84. The lowest BCUT2D eigenvalue weighted by Crippen LogP contribution is -2.26. The fourth-order valence-electron chi connectivity index (χ4n) is 0.770. The number of hydrogen-bond acceptors (Lipinski definition) is 1. The van der Waals surface area contributed by atoms with E-state index in [4.69, 9.17) is 5.11 Å². The monoisotopic (exact) mass is 100 g/mol. The fraction of sp³-hybridized carbons (Fsp3) is 1.00. The maximum atomic E-state index is 8.74. The Kier molecular flexibility index (Phi) is 1.65. The average Bonchev–Trinajstić information content (AvgIpc) is 1.69. The molecule has 0 amide bonds. The van der Waals surface area contributed by atoms with Crippen molar-refractivity contribution in [3.63, 3.8) is 0 Å². The first-order valence-electron chi connectivity index (χ1n) is 2.74. The summed E-state index contributed by atoms with van der Waals surface area (Å²) in [6.45, 7) is 0.862. The number of piperidine rings is 1. The zero-order valence-corrected chi connectivity index (χ0v) is 4.30. The second-order valence-corrected chi connectivity index (χ2v) is 1.88. The number of aliphatic hydroxyl groups is 1. The zero-order valence-electron chi connectivity index (χ0n) is 4.30. The maximum absolute atomic E-state index is 8.74. The van der Waals surface area contributed by atoms with E-state index in [1.54, 1.807) is 0 Å². The van der Waals surface area contributed by atoms with Crippen LogP contribution in [0.4, 0.5) is 0 Å². The van der Waals surface area contributed by atoms with Gasteiger partial charge in [0.1, 0.15) is 6.23 Å². The predicted molar refractivity (Wildman–Crippen MR) is 26.9 cm³/mol. The van der Waals surface area contributed by atoms with E-state index >= 15 is 0 Å². The molecule has 2 nitrogen and oxygen atoms in total. The van der Waals surface area contributed by atoms with Gasteiger partial charge < -0.3 is 5.11 Å². The third kappa shape index (κ3) is 1.45. The molecule has 1 N–H and O–H groups in total. The molecule has 41 valence electrons. The maximum Gasteiger partial charge on any atom is 0.120 e. The van der Waals surface area contributed by atoms with E-state index in [0.717, 1.165) is 25.8 Å². The third-order valence-corrected chi connectivity index (χ3v) is 1.21. The van der Waals surface area contributed by atoms with Crippen LogP contribution in [0.1, 0.15) is 19.3 Å². The van der Waals surface area contributed by atoms with Crippen molar-refractivity contribution in [2.45, 2.75) is 25.5 Å². The van der Waals surface area contributed by atoms with Crippen LogP contribution in [-0.4, -0.2) is 17.9 Å². The van der Waals surface area contributed by atoms with E-state index in [-0.39, 0.29) is 6.23 Å². The van der Waals surface area contributed by atoms with Crippen molar-refractivity contribution in [1.29, 1.82) is 0 Å². The first kappa shape index (κ1) is 5.06. The lowest BCUT2D eigenvalue weighted by Gasteiger charge is -2.14. The van der Waals surface area contributed by atoms with E-state index in [9.17, 15) is 0 Å². The Bertz CT molecular complexity index is 50.0.